The Morgan fingerprint density at radius 2 is 1.85 bits per heavy atom. The topological polar surface area (TPSA) is 79.8 Å². The highest BCUT2D eigenvalue weighted by Crippen LogP contribution is 2.22. The van der Waals surface area contributed by atoms with Crippen LogP contribution < -0.4 is 10.9 Å². The second kappa shape index (κ2) is 6.15. The normalized spacial score (nSPS) is 11.2. The smallest absolute Gasteiger partial charge is 0.278 e. The second-order valence-electron chi connectivity index (χ2n) is 6.49. The number of H-pyrrole nitrogens is 1. The first kappa shape index (κ1) is 16.1. The van der Waals surface area contributed by atoms with E-state index in [1.54, 1.807) is 0 Å². The van der Waals surface area contributed by atoms with Gasteiger partial charge in [0.2, 0.25) is 5.91 Å². The largest absolute Gasteiger partial charge is 0.349 e. The molecule has 4 rings (SSSR count). The van der Waals surface area contributed by atoms with Crippen molar-refractivity contribution in [1.82, 2.24) is 14.5 Å². The Labute approximate surface area is 149 Å². The molecule has 0 spiro atoms. The van der Waals surface area contributed by atoms with Crippen LogP contribution >= 0.6 is 0 Å². The molecule has 2 N–H and O–H groups in total. The van der Waals surface area contributed by atoms with Gasteiger partial charge >= 0.3 is 0 Å². The van der Waals surface area contributed by atoms with Crippen molar-refractivity contribution in [2.45, 2.75) is 20.4 Å². The number of rotatable bonds is 3. The second-order valence-corrected chi connectivity index (χ2v) is 6.49. The minimum Gasteiger partial charge on any atom is -0.349 e. The van der Waals surface area contributed by atoms with Gasteiger partial charge in [0, 0.05) is 16.6 Å². The summed E-state index contributed by atoms with van der Waals surface area (Å²) in [5.74, 6) is -0.274. The molecule has 0 aliphatic heterocycles. The standard InChI is InChI=1S/C20H18N4O2/c1-12-3-6-14(7-4-12)22-17(25)10-24-11-21-18-15-9-13(2)5-8-16(15)23-19(18)20(24)26/h3-9,11,23H,10H2,1-2H3,(H,22,25). The lowest BCUT2D eigenvalue weighted by molar-refractivity contribution is -0.116. The molecule has 0 unspecified atom stereocenters. The van der Waals surface area contributed by atoms with Gasteiger partial charge < -0.3 is 10.3 Å². The zero-order valence-electron chi connectivity index (χ0n) is 14.5. The summed E-state index contributed by atoms with van der Waals surface area (Å²) in [5.41, 5.74) is 4.55. The molecule has 0 aliphatic carbocycles. The number of hydrogen-bond donors (Lipinski definition) is 2. The molecule has 0 fully saturated rings. The van der Waals surface area contributed by atoms with Gasteiger partial charge in [0.15, 0.2) is 0 Å². The lowest BCUT2D eigenvalue weighted by Gasteiger charge is -2.07. The number of aryl methyl sites for hydroxylation is 2. The average Bonchev–Trinajstić information content (AvgIpc) is 2.98. The Kier molecular flexibility index (Phi) is 3.80. The fourth-order valence-corrected chi connectivity index (χ4v) is 3.01. The number of carbonyl (C=O) groups excluding carboxylic acids is 1. The van der Waals surface area contributed by atoms with Crippen LogP contribution in [-0.4, -0.2) is 20.4 Å². The van der Waals surface area contributed by atoms with Crippen molar-refractivity contribution in [3.05, 3.63) is 70.3 Å². The van der Waals surface area contributed by atoms with Crippen LogP contribution in [0.4, 0.5) is 5.69 Å². The first-order valence-electron chi connectivity index (χ1n) is 8.35. The molecule has 0 atom stereocenters. The molecule has 6 nitrogen and oxygen atoms in total. The Hall–Kier alpha value is -3.41. The Balaban J connectivity index is 1.65. The van der Waals surface area contributed by atoms with Crippen molar-refractivity contribution in [3.63, 3.8) is 0 Å². The Bertz CT molecular complexity index is 1190. The maximum Gasteiger partial charge on any atom is 0.278 e. The maximum absolute atomic E-state index is 12.7. The van der Waals surface area contributed by atoms with Crippen molar-refractivity contribution in [3.8, 4) is 0 Å². The van der Waals surface area contributed by atoms with E-state index >= 15 is 0 Å². The van der Waals surface area contributed by atoms with E-state index < -0.39 is 0 Å². The minimum absolute atomic E-state index is 0.0932. The molecule has 2 aromatic heterocycles. The molecular formula is C20H18N4O2. The number of benzene rings is 2. The van der Waals surface area contributed by atoms with E-state index in [9.17, 15) is 9.59 Å². The third kappa shape index (κ3) is 2.86. The zero-order chi connectivity index (χ0) is 18.3. The number of fused-ring (bicyclic) bond motifs is 3. The molecule has 0 saturated heterocycles. The minimum atomic E-state index is -0.274. The van der Waals surface area contributed by atoms with Gasteiger partial charge in [0.05, 0.1) is 6.33 Å². The van der Waals surface area contributed by atoms with Crippen molar-refractivity contribution in [1.29, 1.82) is 0 Å². The average molecular weight is 346 g/mol. The van der Waals surface area contributed by atoms with E-state index in [2.05, 4.69) is 15.3 Å². The van der Waals surface area contributed by atoms with Crippen molar-refractivity contribution in [2.75, 3.05) is 5.32 Å². The molecule has 0 bridgehead atoms. The number of carbonyl (C=O) groups is 1. The van der Waals surface area contributed by atoms with E-state index in [4.69, 9.17) is 0 Å². The summed E-state index contributed by atoms with van der Waals surface area (Å²) < 4.78 is 1.31. The molecule has 2 heterocycles. The quantitative estimate of drug-likeness (QED) is 0.598. The molecule has 6 heteroatoms. The molecule has 1 amide bonds. The van der Waals surface area contributed by atoms with Gasteiger partial charge in [0.25, 0.3) is 5.56 Å². The van der Waals surface area contributed by atoms with Crippen LogP contribution in [0.25, 0.3) is 21.9 Å². The van der Waals surface area contributed by atoms with E-state index in [1.807, 2.05) is 56.3 Å². The van der Waals surface area contributed by atoms with E-state index in [0.29, 0.717) is 16.7 Å². The lowest BCUT2D eigenvalue weighted by atomic mass is 10.2. The summed E-state index contributed by atoms with van der Waals surface area (Å²) >= 11 is 0. The zero-order valence-corrected chi connectivity index (χ0v) is 14.5. The molecule has 0 saturated carbocycles. The van der Waals surface area contributed by atoms with Gasteiger partial charge in [-0.05, 0) is 38.1 Å². The molecule has 26 heavy (non-hydrogen) atoms. The third-order valence-electron chi connectivity index (χ3n) is 4.38. The van der Waals surface area contributed by atoms with Crippen LogP contribution in [0.2, 0.25) is 0 Å². The number of amides is 1. The predicted molar refractivity (Wildman–Crippen MR) is 102 cm³/mol. The SMILES string of the molecule is Cc1ccc(NC(=O)Cn2cnc3c([nH]c4ccc(C)cc43)c2=O)cc1. The molecule has 130 valence electrons. The highest BCUT2D eigenvalue weighted by Gasteiger charge is 2.13. The summed E-state index contributed by atoms with van der Waals surface area (Å²) in [5, 5.41) is 3.70. The first-order chi connectivity index (χ1) is 12.5. The number of aromatic nitrogens is 3. The monoisotopic (exact) mass is 346 g/mol. The molecule has 4 aromatic rings. The summed E-state index contributed by atoms with van der Waals surface area (Å²) in [6.07, 6.45) is 1.43. The summed E-state index contributed by atoms with van der Waals surface area (Å²) in [6, 6.07) is 13.4. The predicted octanol–water partition coefficient (Wildman–Crippen LogP) is 3.13. The fraction of sp³-hybridized carbons (Fsp3) is 0.150. The molecule has 2 aromatic carbocycles. The van der Waals surface area contributed by atoms with Crippen molar-refractivity contribution in [2.24, 2.45) is 0 Å². The van der Waals surface area contributed by atoms with Crippen LogP contribution in [0.5, 0.6) is 0 Å². The number of anilines is 1. The number of aromatic amines is 1. The third-order valence-corrected chi connectivity index (χ3v) is 4.38. The highest BCUT2D eigenvalue weighted by molar-refractivity contribution is 6.04. The van der Waals surface area contributed by atoms with E-state index in [0.717, 1.165) is 22.0 Å². The van der Waals surface area contributed by atoms with Gasteiger partial charge in [0.1, 0.15) is 17.6 Å². The number of hydrogen-bond acceptors (Lipinski definition) is 3. The first-order valence-corrected chi connectivity index (χ1v) is 8.35. The van der Waals surface area contributed by atoms with Crippen LogP contribution in [0.1, 0.15) is 11.1 Å². The highest BCUT2D eigenvalue weighted by atomic mass is 16.2. The van der Waals surface area contributed by atoms with Gasteiger partial charge in [-0.2, -0.15) is 0 Å². The number of nitrogens with zero attached hydrogens (tertiary/aromatic N) is 2. The Morgan fingerprint density at radius 1 is 1.12 bits per heavy atom. The fourth-order valence-electron chi connectivity index (χ4n) is 3.01. The maximum atomic E-state index is 12.7. The van der Waals surface area contributed by atoms with Crippen LogP contribution in [-0.2, 0) is 11.3 Å². The summed E-state index contributed by atoms with van der Waals surface area (Å²) in [7, 11) is 0. The summed E-state index contributed by atoms with van der Waals surface area (Å²) in [4.78, 5) is 32.5. The van der Waals surface area contributed by atoms with Gasteiger partial charge in [-0.15, -0.1) is 0 Å². The Morgan fingerprint density at radius 3 is 2.62 bits per heavy atom. The van der Waals surface area contributed by atoms with E-state index in [1.165, 1.54) is 10.9 Å². The molecular weight excluding hydrogens is 328 g/mol. The molecule has 0 radical (unpaired) electrons. The van der Waals surface area contributed by atoms with E-state index in [-0.39, 0.29) is 18.0 Å². The van der Waals surface area contributed by atoms with Gasteiger partial charge in [-0.25, -0.2) is 4.98 Å². The summed E-state index contributed by atoms with van der Waals surface area (Å²) in [6.45, 7) is 3.88. The van der Waals surface area contributed by atoms with Gasteiger partial charge in [-0.1, -0.05) is 29.3 Å². The van der Waals surface area contributed by atoms with Crippen LogP contribution in [0, 0.1) is 13.8 Å². The van der Waals surface area contributed by atoms with Crippen LogP contribution in [0.3, 0.4) is 0 Å². The van der Waals surface area contributed by atoms with Crippen molar-refractivity contribution < 1.29 is 4.79 Å². The number of nitrogens with one attached hydrogen (secondary N) is 2. The van der Waals surface area contributed by atoms with Crippen molar-refractivity contribution >= 4 is 33.5 Å². The lowest BCUT2D eigenvalue weighted by Crippen LogP contribution is -2.27. The molecule has 0 aliphatic rings. The van der Waals surface area contributed by atoms with Crippen LogP contribution in [0.15, 0.2) is 53.6 Å². The van der Waals surface area contributed by atoms with Gasteiger partial charge in [-0.3, -0.25) is 14.2 Å².